The summed E-state index contributed by atoms with van der Waals surface area (Å²) in [7, 11) is 0. The minimum absolute atomic E-state index is 0.0444. The summed E-state index contributed by atoms with van der Waals surface area (Å²) in [6, 6.07) is 5.07. The fourth-order valence-corrected chi connectivity index (χ4v) is 2.62. The van der Waals surface area contributed by atoms with Gasteiger partial charge in [-0.05, 0) is 11.5 Å². The van der Waals surface area contributed by atoms with E-state index in [0.29, 0.717) is 11.1 Å². The maximum Gasteiger partial charge on any atom is 0.303 e. The van der Waals surface area contributed by atoms with Gasteiger partial charge in [-0.3, -0.25) is 4.79 Å². The lowest BCUT2D eigenvalue weighted by atomic mass is 9.80. The van der Waals surface area contributed by atoms with Gasteiger partial charge in [0.25, 0.3) is 0 Å². The average molecular weight is 267 g/mol. The normalized spacial score (nSPS) is 12.7. The van der Waals surface area contributed by atoms with Crippen LogP contribution in [0, 0.1) is 11.7 Å². The van der Waals surface area contributed by atoms with Crippen molar-refractivity contribution in [2.75, 3.05) is 0 Å². The lowest BCUT2D eigenvalue weighted by molar-refractivity contribution is -0.137. The zero-order valence-corrected chi connectivity index (χ0v) is 11.5. The molecule has 3 N–H and O–H groups in total. The largest absolute Gasteiger partial charge is 0.481 e. The molecule has 0 aliphatic carbocycles. The second-order valence-electron chi connectivity index (χ2n) is 4.81. The molecular weight excluding hydrogens is 245 g/mol. The van der Waals surface area contributed by atoms with Gasteiger partial charge in [0.1, 0.15) is 5.82 Å². The van der Waals surface area contributed by atoms with Crippen LogP contribution in [0.15, 0.2) is 18.2 Å². The first-order chi connectivity index (χ1) is 9.04. The molecule has 106 valence electrons. The van der Waals surface area contributed by atoms with Crippen molar-refractivity contribution in [3.8, 4) is 0 Å². The van der Waals surface area contributed by atoms with Crippen LogP contribution < -0.4 is 5.73 Å². The average Bonchev–Trinajstić information content (AvgIpc) is 2.39. The Morgan fingerprint density at radius 1 is 1.37 bits per heavy atom. The van der Waals surface area contributed by atoms with Gasteiger partial charge in [-0.25, -0.2) is 4.39 Å². The molecule has 3 nitrogen and oxygen atoms in total. The van der Waals surface area contributed by atoms with E-state index in [2.05, 4.69) is 0 Å². The van der Waals surface area contributed by atoms with E-state index >= 15 is 0 Å². The Hall–Kier alpha value is -1.42. The molecule has 0 aliphatic rings. The van der Waals surface area contributed by atoms with Crippen molar-refractivity contribution in [1.82, 2.24) is 0 Å². The molecule has 0 fully saturated rings. The Morgan fingerprint density at radius 2 is 2.00 bits per heavy atom. The summed E-state index contributed by atoms with van der Waals surface area (Å²) in [6.07, 6.45) is 1.62. The summed E-state index contributed by atoms with van der Waals surface area (Å²) < 4.78 is 14.3. The first-order valence-corrected chi connectivity index (χ1v) is 6.74. The molecule has 0 saturated heterocycles. The van der Waals surface area contributed by atoms with Crippen molar-refractivity contribution in [2.24, 2.45) is 11.7 Å². The number of nitrogens with two attached hydrogens (primary N) is 1. The highest BCUT2D eigenvalue weighted by Crippen LogP contribution is 2.34. The quantitative estimate of drug-likeness (QED) is 0.797. The minimum Gasteiger partial charge on any atom is -0.481 e. The predicted molar refractivity (Wildman–Crippen MR) is 73.4 cm³/mol. The number of benzene rings is 1. The fourth-order valence-electron chi connectivity index (χ4n) is 2.62. The zero-order valence-electron chi connectivity index (χ0n) is 11.5. The van der Waals surface area contributed by atoms with E-state index in [9.17, 15) is 9.18 Å². The molecule has 19 heavy (non-hydrogen) atoms. The molecule has 0 spiro atoms. The number of carboxylic acids is 1. The highest BCUT2D eigenvalue weighted by molar-refractivity contribution is 5.68. The summed E-state index contributed by atoms with van der Waals surface area (Å²) in [5, 5.41) is 9.06. The summed E-state index contributed by atoms with van der Waals surface area (Å²) in [6.45, 7) is 4.14. The minimum atomic E-state index is -0.894. The zero-order chi connectivity index (χ0) is 14.4. The third-order valence-corrected chi connectivity index (χ3v) is 3.74. The summed E-state index contributed by atoms with van der Waals surface area (Å²) >= 11 is 0. The topological polar surface area (TPSA) is 63.3 Å². The van der Waals surface area contributed by atoms with Gasteiger partial charge in [-0.1, -0.05) is 44.9 Å². The van der Waals surface area contributed by atoms with Crippen molar-refractivity contribution in [3.63, 3.8) is 0 Å². The highest BCUT2D eigenvalue weighted by Gasteiger charge is 2.26. The molecule has 4 heteroatoms. The van der Waals surface area contributed by atoms with Crippen LogP contribution in [0.25, 0.3) is 0 Å². The van der Waals surface area contributed by atoms with Gasteiger partial charge in [0.2, 0.25) is 0 Å². The van der Waals surface area contributed by atoms with Crippen LogP contribution in [-0.4, -0.2) is 11.1 Å². The SMILES string of the molecule is CCC(CC)C(CC(=O)O)c1cccc(CN)c1F. The molecule has 0 bridgehead atoms. The molecule has 0 saturated carbocycles. The third-order valence-electron chi connectivity index (χ3n) is 3.74. The molecule has 0 aliphatic heterocycles. The van der Waals surface area contributed by atoms with Crippen LogP contribution in [0.3, 0.4) is 0 Å². The van der Waals surface area contributed by atoms with E-state index in [4.69, 9.17) is 10.8 Å². The molecule has 0 heterocycles. The van der Waals surface area contributed by atoms with Gasteiger partial charge in [0.15, 0.2) is 0 Å². The van der Waals surface area contributed by atoms with Gasteiger partial charge in [0.05, 0.1) is 6.42 Å². The van der Waals surface area contributed by atoms with E-state index in [1.165, 1.54) is 0 Å². The standard InChI is InChI=1S/C15H22FNO2/c1-3-10(4-2)13(8-14(18)19)12-7-5-6-11(9-17)15(12)16/h5-7,10,13H,3-4,8-9,17H2,1-2H3,(H,18,19). The van der Waals surface area contributed by atoms with E-state index in [1.807, 2.05) is 13.8 Å². The smallest absolute Gasteiger partial charge is 0.303 e. The maximum absolute atomic E-state index is 14.3. The van der Waals surface area contributed by atoms with Crippen molar-refractivity contribution in [3.05, 3.63) is 35.1 Å². The summed E-state index contributed by atoms with van der Waals surface area (Å²) in [5.74, 6) is -1.37. The van der Waals surface area contributed by atoms with Crippen molar-refractivity contribution in [2.45, 2.75) is 45.6 Å². The second kappa shape index (κ2) is 7.24. The van der Waals surface area contributed by atoms with Crippen molar-refractivity contribution >= 4 is 5.97 Å². The number of carboxylic acid groups (broad SMARTS) is 1. The number of carbonyl (C=O) groups is 1. The van der Waals surface area contributed by atoms with Crippen LogP contribution in [0.4, 0.5) is 4.39 Å². The predicted octanol–water partition coefficient (Wildman–Crippen LogP) is 3.28. The summed E-state index contributed by atoms with van der Waals surface area (Å²) in [5.41, 5.74) is 6.43. The van der Waals surface area contributed by atoms with Crippen LogP contribution in [-0.2, 0) is 11.3 Å². The molecule has 1 aromatic carbocycles. The van der Waals surface area contributed by atoms with Crippen LogP contribution in [0.5, 0.6) is 0 Å². The van der Waals surface area contributed by atoms with Gasteiger partial charge >= 0.3 is 5.97 Å². The molecule has 0 amide bonds. The van der Waals surface area contributed by atoms with Gasteiger partial charge < -0.3 is 10.8 Å². The number of hydrogen-bond acceptors (Lipinski definition) is 2. The molecule has 1 unspecified atom stereocenters. The third kappa shape index (κ3) is 3.77. The van der Waals surface area contributed by atoms with Crippen molar-refractivity contribution in [1.29, 1.82) is 0 Å². The van der Waals surface area contributed by atoms with Crippen molar-refractivity contribution < 1.29 is 14.3 Å². The Labute approximate surface area is 113 Å². The molecule has 1 rings (SSSR count). The van der Waals surface area contributed by atoms with Crippen LogP contribution in [0.2, 0.25) is 0 Å². The lowest BCUT2D eigenvalue weighted by Crippen LogP contribution is -2.18. The first kappa shape index (κ1) is 15.6. The maximum atomic E-state index is 14.3. The van der Waals surface area contributed by atoms with Gasteiger partial charge in [-0.15, -0.1) is 0 Å². The number of hydrogen-bond donors (Lipinski definition) is 2. The lowest BCUT2D eigenvalue weighted by Gasteiger charge is -2.25. The first-order valence-electron chi connectivity index (χ1n) is 6.74. The summed E-state index contributed by atoms with van der Waals surface area (Å²) in [4.78, 5) is 11.0. The van der Waals surface area contributed by atoms with Crippen LogP contribution >= 0.6 is 0 Å². The Morgan fingerprint density at radius 3 is 2.47 bits per heavy atom. The van der Waals surface area contributed by atoms with E-state index in [-0.39, 0.29) is 30.6 Å². The Balaban J connectivity index is 3.20. The molecule has 1 atom stereocenters. The molecule has 0 aromatic heterocycles. The number of aliphatic carboxylic acids is 1. The molecule has 1 aromatic rings. The highest BCUT2D eigenvalue weighted by atomic mass is 19.1. The van der Waals surface area contributed by atoms with E-state index in [0.717, 1.165) is 12.8 Å². The van der Waals surface area contributed by atoms with E-state index in [1.54, 1.807) is 18.2 Å². The van der Waals surface area contributed by atoms with E-state index < -0.39 is 5.97 Å². The van der Waals surface area contributed by atoms with Gasteiger partial charge in [0, 0.05) is 18.0 Å². The monoisotopic (exact) mass is 267 g/mol. The molecule has 0 radical (unpaired) electrons. The second-order valence-corrected chi connectivity index (χ2v) is 4.81. The molecular formula is C15H22FNO2. The Bertz CT molecular complexity index is 430. The number of rotatable bonds is 7. The van der Waals surface area contributed by atoms with Crippen LogP contribution in [0.1, 0.15) is 50.2 Å². The fraction of sp³-hybridized carbons (Fsp3) is 0.533. The number of halogens is 1. The Kier molecular flexibility index (Phi) is 5.96. The van der Waals surface area contributed by atoms with Gasteiger partial charge in [-0.2, -0.15) is 0 Å².